The third kappa shape index (κ3) is 10.5. The van der Waals surface area contributed by atoms with Crippen molar-refractivity contribution in [3.8, 4) is 0 Å². The van der Waals surface area contributed by atoms with E-state index in [4.69, 9.17) is 12.2 Å². The Morgan fingerprint density at radius 3 is 1.79 bits per heavy atom. The SMILES string of the molecule is CCCCCCCCCCCCCCCCCCNC(=S)/N=C\C1=C(O)c2ccccc2C1=O. The van der Waals surface area contributed by atoms with Gasteiger partial charge in [0.25, 0.3) is 0 Å². The molecule has 0 aromatic heterocycles. The summed E-state index contributed by atoms with van der Waals surface area (Å²) >= 11 is 5.24. The molecule has 5 heteroatoms. The maximum atomic E-state index is 12.4. The molecular formula is C29H44N2O2S. The molecule has 2 rings (SSSR count). The van der Waals surface area contributed by atoms with Crippen LogP contribution < -0.4 is 5.32 Å². The average molecular weight is 485 g/mol. The van der Waals surface area contributed by atoms with Gasteiger partial charge in [-0.05, 0) is 18.6 Å². The van der Waals surface area contributed by atoms with E-state index in [1.54, 1.807) is 24.3 Å². The second kappa shape index (κ2) is 17.4. The van der Waals surface area contributed by atoms with Crippen molar-refractivity contribution in [3.63, 3.8) is 0 Å². The maximum absolute atomic E-state index is 12.4. The molecule has 0 radical (unpaired) electrons. The highest BCUT2D eigenvalue weighted by Crippen LogP contribution is 2.29. The molecule has 2 N–H and O–H groups in total. The van der Waals surface area contributed by atoms with Gasteiger partial charge in [-0.1, -0.05) is 128 Å². The van der Waals surface area contributed by atoms with E-state index in [1.807, 2.05) is 0 Å². The van der Waals surface area contributed by atoms with E-state index in [2.05, 4.69) is 17.2 Å². The van der Waals surface area contributed by atoms with E-state index in [1.165, 1.54) is 103 Å². The number of fused-ring (bicyclic) bond motifs is 1. The van der Waals surface area contributed by atoms with Crippen molar-refractivity contribution in [3.05, 3.63) is 41.0 Å². The number of aliphatic imine (C=N–C) groups is 1. The molecule has 0 saturated heterocycles. The predicted octanol–water partition coefficient (Wildman–Crippen LogP) is 8.36. The number of Topliss-reactive ketones (excluding diaryl/α,β-unsaturated/α-hetero) is 1. The molecule has 188 valence electrons. The van der Waals surface area contributed by atoms with Gasteiger partial charge in [-0.3, -0.25) is 4.79 Å². The number of thiocarbonyl (C=S) groups is 1. The lowest BCUT2D eigenvalue weighted by atomic mass is 10.0. The zero-order chi connectivity index (χ0) is 24.4. The molecule has 0 spiro atoms. The lowest BCUT2D eigenvalue weighted by molar-refractivity contribution is 0.104. The van der Waals surface area contributed by atoms with Crippen LogP contribution >= 0.6 is 12.2 Å². The fourth-order valence-corrected chi connectivity index (χ4v) is 4.60. The Labute approximate surface area is 212 Å². The van der Waals surface area contributed by atoms with Crippen molar-refractivity contribution in [2.45, 2.75) is 110 Å². The van der Waals surface area contributed by atoms with Crippen molar-refractivity contribution in [1.82, 2.24) is 5.32 Å². The topological polar surface area (TPSA) is 61.7 Å². The zero-order valence-corrected chi connectivity index (χ0v) is 21.9. The number of benzene rings is 1. The van der Waals surface area contributed by atoms with Crippen LogP contribution in [0.25, 0.3) is 5.76 Å². The molecule has 0 heterocycles. The molecule has 0 bridgehead atoms. The molecular weight excluding hydrogens is 440 g/mol. The normalized spacial score (nSPS) is 13.1. The summed E-state index contributed by atoms with van der Waals surface area (Å²) in [7, 11) is 0. The average Bonchev–Trinajstić information content (AvgIpc) is 3.09. The summed E-state index contributed by atoms with van der Waals surface area (Å²) in [6.45, 7) is 3.06. The van der Waals surface area contributed by atoms with Gasteiger partial charge >= 0.3 is 0 Å². The van der Waals surface area contributed by atoms with E-state index < -0.39 is 0 Å². The van der Waals surface area contributed by atoms with Gasteiger partial charge in [-0.2, -0.15) is 0 Å². The minimum atomic E-state index is -0.211. The van der Waals surface area contributed by atoms with Crippen molar-refractivity contribution in [1.29, 1.82) is 0 Å². The van der Waals surface area contributed by atoms with Gasteiger partial charge in [-0.15, -0.1) is 0 Å². The molecule has 0 saturated carbocycles. The fraction of sp³-hybridized carbons (Fsp3) is 0.621. The van der Waals surface area contributed by atoms with Crippen LogP contribution in [-0.4, -0.2) is 28.8 Å². The molecule has 1 aliphatic carbocycles. The first-order valence-corrected chi connectivity index (χ1v) is 13.9. The number of ketones is 1. The smallest absolute Gasteiger partial charge is 0.199 e. The van der Waals surface area contributed by atoms with Crippen LogP contribution in [-0.2, 0) is 0 Å². The van der Waals surface area contributed by atoms with Gasteiger partial charge in [0.05, 0.1) is 5.57 Å². The Morgan fingerprint density at radius 2 is 1.29 bits per heavy atom. The molecule has 0 aliphatic heterocycles. The summed E-state index contributed by atoms with van der Waals surface area (Å²) < 4.78 is 0. The Morgan fingerprint density at radius 1 is 0.824 bits per heavy atom. The number of allylic oxidation sites excluding steroid dienone is 1. The number of rotatable bonds is 18. The van der Waals surface area contributed by atoms with Crippen LogP contribution in [0.3, 0.4) is 0 Å². The highest BCUT2D eigenvalue weighted by molar-refractivity contribution is 7.80. The first-order valence-electron chi connectivity index (χ1n) is 13.5. The minimum Gasteiger partial charge on any atom is -0.506 e. The van der Waals surface area contributed by atoms with Gasteiger partial charge < -0.3 is 10.4 Å². The number of nitrogens with one attached hydrogen (secondary N) is 1. The van der Waals surface area contributed by atoms with Crippen LogP contribution in [0.2, 0.25) is 0 Å². The number of carbonyl (C=O) groups excluding carboxylic acids is 1. The van der Waals surface area contributed by atoms with E-state index in [0.29, 0.717) is 16.2 Å². The summed E-state index contributed by atoms with van der Waals surface area (Å²) in [6, 6.07) is 7.03. The number of carbonyl (C=O) groups is 1. The van der Waals surface area contributed by atoms with Crippen molar-refractivity contribution in [2.75, 3.05) is 6.54 Å². The number of hydrogen-bond acceptors (Lipinski definition) is 3. The van der Waals surface area contributed by atoms with Crippen LogP contribution in [0.1, 0.15) is 126 Å². The number of unbranched alkanes of at least 4 members (excludes halogenated alkanes) is 15. The summed E-state index contributed by atoms with van der Waals surface area (Å²) in [6.07, 6.45) is 23.0. The van der Waals surface area contributed by atoms with Crippen LogP contribution in [0.4, 0.5) is 0 Å². The van der Waals surface area contributed by atoms with Crippen molar-refractivity contribution < 1.29 is 9.90 Å². The van der Waals surface area contributed by atoms with Crippen LogP contribution in [0, 0.1) is 0 Å². The van der Waals surface area contributed by atoms with Crippen molar-refractivity contribution >= 4 is 35.1 Å². The molecule has 4 nitrogen and oxygen atoms in total. The minimum absolute atomic E-state index is 0.0232. The predicted molar refractivity (Wildman–Crippen MR) is 149 cm³/mol. The molecule has 34 heavy (non-hydrogen) atoms. The summed E-state index contributed by atoms with van der Waals surface area (Å²) in [5.41, 5.74) is 1.27. The van der Waals surface area contributed by atoms with E-state index in [0.717, 1.165) is 13.0 Å². The van der Waals surface area contributed by atoms with Crippen LogP contribution in [0.15, 0.2) is 34.8 Å². The lowest BCUT2D eigenvalue weighted by Gasteiger charge is -2.05. The standard InChI is InChI=1S/C29H44N2O2S/c1-2-3-4-5-6-7-8-9-10-11-12-13-14-15-16-19-22-30-29(34)31-23-26-27(32)24-20-17-18-21-25(24)28(26)33/h17-18,20-21,23,32H,2-16,19,22H2,1H3,(H,30,34)/b31-23-. The zero-order valence-electron chi connectivity index (χ0n) is 21.1. The molecule has 0 fully saturated rings. The van der Waals surface area contributed by atoms with E-state index in [9.17, 15) is 9.90 Å². The van der Waals surface area contributed by atoms with Gasteiger partial charge in [0.1, 0.15) is 5.76 Å². The Bertz CT molecular complexity index is 816. The third-order valence-corrected chi connectivity index (χ3v) is 6.79. The summed E-state index contributed by atoms with van der Waals surface area (Å²) in [5.74, 6) is -0.234. The highest BCUT2D eigenvalue weighted by Gasteiger charge is 2.27. The van der Waals surface area contributed by atoms with Gasteiger partial charge in [0.15, 0.2) is 10.9 Å². The Hall–Kier alpha value is -2.01. The number of hydrogen-bond donors (Lipinski definition) is 2. The van der Waals surface area contributed by atoms with Gasteiger partial charge in [0.2, 0.25) is 0 Å². The second-order valence-electron chi connectivity index (χ2n) is 9.43. The molecule has 0 atom stereocenters. The number of aliphatic hydroxyl groups excluding tert-OH is 1. The fourth-order valence-electron chi connectivity index (χ4n) is 4.44. The third-order valence-electron chi connectivity index (χ3n) is 6.54. The number of nitrogens with zero attached hydrogens (tertiary/aromatic N) is 1. The van der Waals surface area contributed by atoms with Gasteiger partial charge in [-0.25, -0.2) is 4.99 Å². The van der Waals surface area contributed by atoms with Crippen molar-refractivity contribution in [2.24, 2.45) is 4.99 Å². The number of aliphatic hydroxyl groups is 1. The first-order chi connectivity index (χ1) is 16.6. The molecule has 1 aromatic rings. The van der Waals surface area contributed by atoms with Crippen LogP contribution in [0.5, 0.6) is 0 Å². The lowest BCUT2D eigenvalue weighted by Crippen LogP contribution is -2.21. The quantitative estimate of drug-likeness (QED) is 0.125. The molecule has 0 unspecified atom stereocenters. The maximum Gasteiger partial charge on any atom is 0.199 e. The van der Waals surface area contributed by atoms with Gasteiger partial charge in [0, 0.05) is 23.9 Å². The summed E-state index contributed by atoms with van der Waals surface area (Å²) in [5, 5.41) is 13.7. The molecule has 1 aromatic carbocycles. The Balaban J connectivity index is 1.41. The first kappa shape index (κ1) is 28.2. The second-order valence-corrected chi connectivity index (χ2v) is 9.82. The molecule has 0 amide bonds. The largest absolute Gasteiger partial charge is 0.506 e. The Kier molecular flexibility index (Phi) is 14.5. The highest BCUT2D eigenvalue weighted by atomic mass is 32.1. The van der Waals surface area contributed by atoms with E-state index in [-0.39, 0.29) is 17.1 Å². The molecule has 1 aliphatic rings. The van der Waals surface area contributed by atoms with E-state index >= 15 is 0 Å². The monoisotopic (exact) mass is 484 g/mol. The summed E-state index contributed by atoms with van der Waals surface area (Å²) in [4.78, 5) is 16.5.